The van der Waals surface area contributed by atoms with Gasteiger partial charge in [0.1, 0.15) is 6.61 Å². The molecular formula is C37H60O6. The third-order valence-corrected chi connectivity index (χ3v) is 7.17. The van der Waals surface area contributed by atoms with Crippen molar-refractivity contribution in [2.24, 2.45) is 5.92 Å². The second kappa shape index (κ2) is 27.1. The van der Waals surface area contributed by atoms with Crippen LogP contribution in [0.3, 0.4) is 0 Å². The lowest BCUT2D eigenvalue weighted by atomic mass is 10.0. The van der Waals surface area contributed by atoms with E-state index in [0.29, 0.717) is 25.0 Å². The Kier molecular flexibility index (Phi) is 24.3. The molecule has 0 radical (unpaired) electrons. The molecule has 3 atom stereocenters. The van der Waals surface area contributed by atoms with Gasteiger partial charge < -0.3 is 19.3 Å². The second-order valence-electron chi connectivity index (χ2n) is 11.7. The number of carbonyl (C=O) groups excluding carboxylic acids is 2. The van der Waals surface area contributed by atoms with Crippen molar-refractivity contribution >= 4 is 11.9 Å². The number of allylic oxidation sites excluding steroid dienone is 8. The molecule has 1 N–H and O–H groups in total. The minimum atomic E-state index is -0.814. The van der Waals surface area contributed by atoms with Gasteiger partial charge in [0.15, 0.2) is 6.10 Å². The highest BCUT2D eigenvalue weighted by molar-refractivity contribution is 5.70. The molecule has 0 amide bonds. The van der Waals surface area contributed by atoms with Crippen LogP contribution in [0.2, 0.25) is 0 Å². The van der Waals surface area contributed by atoms with Crippen LogP contribution in [0, 0.1) is 5.92 Å². The smallest absolute Gasteiger partial charge is 0.306 e. The van der Waals surface area contributed by atoms with Gasteiger partial charge in [0.2, 0.25) is 0 Å². The fourth-order valence-corrected chi connectivity index (χ4v) is 4.51. The van der Waals surface area contributed by atoms with Crippen molar-refractivity contribution in [2.45, 2.75) is 142 Å². The SMILES string of the molecule is CC/C=C\CC1OC1C/C=C\C/C=C\C/C=C\C/C=C\CCC(=O)O[C@@H](CO)COC(=O)CCCCCCCCC(C)C. The first-order chi connectivity index (χ1) is 21.0. The highest BCUT2D eigenvalue weighted by Gasteiger charge is 2.35. The van der Waals surface area contributed by atoms with E-state index in [1.54, 1.807) is 0 Å². The summed E-state index contributed by atoms with van der Waals surface area (Å²) >= 11 is 0. The minimum Gasteiger partial charge on any atom is -0.462 e. The van der Waals surface area contributed by atoms with E-state index in [-0.39, 0.29) is 25.6 Å². The van der Waals surface area contributed by atoms with Crippen LogP contribution in [0.25, 0.3) is 0 Å². The van der Waals surface area contributed by atoms with Gasteiger partial charge in [0.05, 0.1) is 18.8 Å². The number of ether oxygens (including phenoxy) is 3. The molecule has 0 aromatic carbocycles. The molecule has 43 heavy (non-hydrogen) atoms. The molecule has 0 aromatic rings. The summed E-state index contributed by atoms with van der Waals surface area (Å²) in [5.74, 6) is 0.0605. The molecule has 6 heteroatoms. The number of carbonyl (C=O) groups is 2. The monoisotopic (exact) mass is 600 g/mol. The Bertz CT molecular complexity index is 853. The van der Waals surface area contributed by atoms with Crippen LogP contribution < -0.4 is 0 Å². The number of esters is 2. The predicted molar refractivity (Wildman–Crippen MR) is 177 cm³/mol. The van der Waals surface area contributed by atoms with E-state index in [0.717, 1.165) is 63.7 Å². The summed E-state index contributed by atoms with van der Waals surface area (Å²) in [6, 6.07) is 0. The van der Waals surface area contributed by atoms with Crippen molar-refractivity contribution in [1.82, 2.24) is 0 Å². The first kappa shape index (κ1) is 38.6. The van der Waals surface area contributed by atoms with Gasteiger partial charge in [-0.3, -0.25) is 9.59 Å². The maximum absolute atomic E-state index is 12.1. The Morgan fingerprint density at radius 1 is 0.721 bits per heavy atom. The van der Waals surface area contributed by atoms with Gasteiger partial charge in [0.25, 0.3) is 0 Å². The molecule has 1 fully saturated rings. The highest BCUT2D eigenvalue weighted by atomic mass is 16.6. The Balaban J connectivity index is 1.99. The number of hydrogen-bond donors (Lipinski definition) is 1. The van der Waals surface area contributed by atoms with Crippen molar-refractivity contribution in [2.75, 3.05) is 13.2 Å². The summed E-state index contributed by atoms with van der Waals surface area (Å²) in [5, 5.41) is 9.48. The van der Waals surface area contributed by atoms with Gasteiger partial charge in [-0.05, 0) is 57.3 Å². The lowest BCUT2D eigenvalue weighted by Crippen LogP contribution is -2.28. The third-order valence-electron chi connectivity index (χ3n) is 7.17. The van der Waals surface area contributed by atoms with E-state index in [4.69, 9.17) is 14.2 Å². The predicted octanol–water partition coefficient (Wildman–Crippen LogP) is 8.90. The maximum Gasteiger partial charge on any atom is 0.306 e. The quantitative estimate of drug-likeness (QED) is 0.0439. The summed E-state index contributed by atoms with van der Waals surface area (Å²) in [4.78, 5) is 24.0. The Morgan fingerprint density at radius 3 is 1.88 bits per heavy atom. The van der Waals surface area contributed by atoms with E-state index >= 15 is 0 Å². The summed E-state index contributed by atoms with van der Waals surface area (Å²) in [5.41, 5.74) is 0. The topological polar surface area (TPSA) is 85.4 Å². The van der Waals surface area contributed by atoms with E-state index < -0.39 is 12.1 Å². The molecule has 1 rings (SSSR count). The summed E-state index contributed by atoms with van der Waals surface area (Å²) in [7, 11) is 0. The zero-order chi connectivity index (χ0) is 31.4. The van der Waals surface area contributed by atoms with Gasteiger partial charge in [-0.25, -0.2) is 0 Å². The standard InChI is InChI=1S/C37H60O6/c1-4-5-20-26-34-35(43-34)27-22-17-12-10-8-6-7-9-11-13-19-24-29-37(40)42-33(30-38)31-41-36(39)28-23-18-15-14-16-21-25-32(2)3/h5,7-10,13,17,19-20,22,32-35,38H,4,6,11-12,14-16,18,21,23-31H2,1-3H3/b9-7-,10-8-,19-13-,20-5-,22-17-/t33-,34?,35?/m0/s1. The minimum absolute atomic E-state index is 0.102. The summed E-state index contributed by atoms with van der Waals surface area (Å²) in [6.45, 7) is 6.18. The number of aliphatic hydroxyl groups excluding tert-OH is 1. The largest absolute Gasteiger partial charge is 0.462 e. The van der Waals surface area contributed by atoms with Crippen LogP contribution in [-0.2, 0) is 23.8 Å². The summed E-state index contributed by atoms with van der Waals surface area (Å²) in [6.07, 6.45) is 36.3. The number of unbranched alkanes of at least 4 members (excludes halogenated alkanes) is 5. The average molecular weight is 601 g/mol. The molecular weight excluding hydrogens is 540 g/mol. The third kappa shape index (κ3) is 24.7. The Morgan fingerprint density at radius 2 is 1.28 bits per heavy atom. The molecule has 6 nitrogen and oxygen atoms in total. The molecule has 0 spiro atoms. The average Bonchev–Trinajstić information content (AvgIpc) is 3.74. The molecule has 0 aliphatic carbocycles. The van der Waals surface area contributed by atoms with Crippen molar-refractivity contribution < 1.29 is 28.9 Å². The van der Waals surface area contributed by atoms with Crippen LogP contribution in [-0.4, -0.2) is 48.6 Å². The molecule has 1 saturated heterocycles. The van der Waals surface area contributed by atoms with Gasteiger partial charge >= 0.3 is 11.9 Å². The zero-order valence-electron chi connectivity index (χ0n) is 27.3. The number of epoxide rings is 1. The van der Waals surface area contributed by atoms with Crippen molar-refractivity contribution in [3.05, 3.63) is 60.8 Å². The van der Waals surface area contributed by atoms with Crippen LogP contribution in [0.4, 0.5) is 0 Å². The fraction of sp³-hybridized carbons (Fsp3) is 0.676. The lowest BCUT2D eigenvalue weighted by molar-refractivity contribution is -0.161. The normalized spacial score (nSPS) is 17.8. The molecule has 0 bridgehead atoms. The van der Waals surface area contributed by atoms with Crippen LogP contribution in [0.15, 0.2) is 60.8 Å². The van der Waals surface area contributed by atoms with Crippen LogP contribution in [0.5, 0.6) is 0 Å². The lowest BCUT2D eigenvalue weighted by Gasteiger charge is -2.15. The zero-order valence-corrected chi connectivity index (χ0v) is 27.3. The van der Waals surface area contributed by atoms with Gasteiger partial charge in [-0.2, -0.15) is 0 Å². The van der Waals surface area contributed by atoms with Crippen molar-refractivity contribution in [3.63, 3.8) is 0 Å². The number of aliphatic hydroxyl groups is 1. The van der Waals surface area contributed by atoms with E-state index in [9.17, 15) is 14.7 Å². The molecule has 1 heterocycles. The Hall–Kier alpha value is -2.44. The van der Waals surface area contributed by atoms with Crippen LogP contribution >= 0.6 is 0 Å². The molecule has 244 valence electrons. The van der Waals surface area contributed by atoms with Crippen LogP contribution in [0.1, 0.15) is 124 Å². The van der Waals surface area contributed by atoms with Crippen molar-refractivity contribution in [1.29, 1.82) is 0 Å². The first-order valence-corrected chi connectivity index (χ1v) is 16.8. The van der Waals surface area contributed by atoms with E-state index in [2.05, 4.69) is 69.4 Å². The fourth-order valence-electron chi connectivity index (χ4n) is 4.51. The number of rotatable bonds is 27. The Labute approximate surface area is 262 Å². The molecule has 1 aliphatic rings. The maximum atomic E-state index is 12.1. The van der Waals surface area contributed by atoms with Gasteiger partial charge in [-0.15, -0.1) is 0 Å². The first-order valence-electron chi connectivity index (χ1n) is 16.8. The van der Waals surface area contributed by atoms with Crippen molar-refractivity contribution in [3.8, 4) is 0 Å². The number of hydrogen-bond acceptors (Lipinski definition) is 6. The molecule has 0 saturated carbocycles. The van der Waals surface area contributed by atoms with Gasteiger partial charge in [-0.1, -0.05) is 120 Å². The highest BCUT2D eigenvalue weighted by Crippen LogP contribution is 2.29. The summed E-state index contributed by atoms with van der Waals surface area (Å²) < 4.78 is 16.1. The van der Waals surface area contributed by atoms with Gasteiger partial charge in [0, 0.05) is 12.8 Å². The molecule has 2 unspecified atom stereocenters. The van der Waals surface area contributed by atoms with E-state index in [1.807, 2.05) is 12.2 Å². The van der Waals surface area contributed by atoms with E-state index in [1.165, 1.54) is 25.7 Å². The molecule has 0 aromatic heterocycles. The molecule has 1 aliphatic heterocycles. The second-order valence-corrected chi connectivity index (χ2v) is 11.7.